The van der Waals surface area contributed by atoms with Gasteiger partial charge in [0.25, 0.3) is 0 Å². The van der Waals surface area contributed by atoms with Crippen molar-refractivity contribution in [1.82, 2.24) is 4.57 Å². The van der Waals surface area contributed by atoms with Gasteiger partial charge in [-0.1, -0.05) is 18.2 Å². The molecule has 1 aromatic rings. The Bertz CT molecular complexity index is 623. The molecule has 19 heavy (non-hydrogen) atoms. The lowest BCUT2D eigenvalue weighted by Crippen LogP contribution is -2.09. The highest BCUT2D eigenvalue weighted by molar-refractivity contribution is 6.04. The number of nitrogens with zero attached hydrogens (tertiary/aromatic N) is 1. The van der Waals surface area contributed by atoms with E-state index in [0.717, 1.165) is 0 Å². The largest absolute Gasteiger partial charge is 0.465 e. The molecule has 0 bridgehead atoms. The van der Waals surface area contributed by atoms with E-state index >= 15 is 0 Å². The number of carbonyl (C=O) groups excluding carboxylic acids is 2. The first-order chi connectivity index (χ1) is 9.04. The van der Waals surface area contributed by atoms with Crippen LogP contribution in [0.3, 0.4) is 0 Å². The highest BCUT2D eigenvalue weighted by atomic mass is 16.5. The van der Waals surface area contributed by atoms with E-state index in [4.69, 9.17) is 0 Å². The molecule has 0 unspecified atom stereocenters. The monoisotopic (exact) mass is 257 g/mol. The predicted molar refractivity (Wildman–Crippen MR) is 72.2 cm³/mol. The molecule has 0 saturated carbocycles. The molecule has 3 rings (SSSR count). The van der Waals surface area contributed by atoms with Gasteiger partial charge < -0.3 is 9.30 Å². The van der Waals surface area contributed by atoms with Crippen LogP contribution in [0, 0.1) is 0 Å². The Balaban J connectivity index is 0.000000180. The Morgan fingerprint density at radius 1 is 1.16 bits per heavy atom. The van der Waals surface area contributed by atoms with Gasteiger partial charge in [-0.2, -0.15) is 0 Å². The lowest BCUT2D eigenvalue weighted by Gasteiger charge is -2.01. The van der Waals surface area contributed by atoms with Gasteiger partial charge in [-0.25, -0.2) is 4.79 Å². The van der Waals surface area contributed by atoms with Crippen molar-refractivity contribution in [2.45, 2.75) is 6.92 Å². The summed E-state index contributed by atoms with van der Waals surface area (Å²) in [6, 6.07) is 10.1. The Morgan fingerprint density at radius 3 is 2.16 bits per heavy atom. The molecule has 98 valence electrons. The second-order valence-electron chi connectivity index (χ2n) is 4.32. The van der Waals surface area contributed by atoms with Crippen molar-refractivity contribution in [3.63, 3.8) is 0 Å². The molecular weight excluding hydrogens is 242 g/mol. The lowest BCUT2D eigenvalue weighted by atomic mass is 10.2. The molecule has 0 N–H and O–H groups in total. The molecule has 0 amide bonds. The second-order valence-corrected chi connectivity index (χ2v) is 4.32. The number of carbonyl (C=O) groups is 2. The van der Waals surface area contributed by atoms with Crippen LogP contribution in [0.5, 0.6) is 0 Å². The van der Waals surface area contributed by atoms with Crippen molar-refractivity contribution in [2.24, 2.45) is 7.05 Å². The molecule has 1 heterocycles. The predicted octanol–water partition coefficient (Wildman–Crippen LogP) is 2.68. The molecule has 0 aromatic carbocycles. The van der Waals surface area contributed by atoms with Gasteiger partial charge in [0, 0.05) is 20.2 Å². The molecule has 4 nitrogen and oxygen atoms in total. The number of Topliss-reactive ketones (excluding diaryl/α,β-unsaturated/α-hetero) is 1. The number of rotatable bonds is 2. The average Bonchev–Trinajstić information content (AvgIpc) is 2.82. The smallest absolute Gasteiger partial charge is 0.340 e. The number of hydrogen-bond acceptors (Lipinski definition) is 3. The van der Waals surface area contributed by atoms with Gasteiger partial charge in [-0.3, -0.25) is 4.79 Å². The topological polar surface area (TPSA) is 48.3 Å². The quantitative estimate of drug-likeness (QED) is 0.524. The van der Waals surface area contributed by atoms with Crippen LogP contribution in [-0.4, -0.2) is 23.4 Å². The number of aromatic nitrogens is 1. The van der Waals surface area contributed by atoms with Crippen molar-refractivity contribution in [3.8, 4) is 11.1 Å². The number of methoxy groups -OCH3 is 1. The molecule has 2 aliphatic rings. The molecular formula is C15H15NO3. The fourth-order valence-electron chi connectivity index (χ4n) is 1.92. The zero-order valence-corrected chi connectivity index (χ0v) is 11.1. The van der Waals surface area contributed by atoms with Gasteiger partial charge in [0.15, 0.2) is 5.78 Å². The van der Waals surface area contributed by atoms with Gasteiger partial charge >= 0.3 is 5.97 Å². The number of benzene rings is 1. The number of hydrogen-bond donors (Lipinski definition) is 0. The van der Waals surface area contributed by atoms with Crippen LogP contribution < -0.4 is 0 Å². The highest BCUT2D eigenvalue weighted by Crippen LogP contribution is 2.32. The van der Waals surface area contributed by atoms with E-state index in [9.17, 15) is 9.59 Å². The maximum atomic E-state index is 11.2. The van der Waals surface area contributed by atoms with Crippen molar-refractivity contribution in [2.75, 3.05) is 7.11 Å². The first kappa shape index (κ1) is 13.1. The van der Waals surface area contributed by atoms with Gasteiger partial charge in [-0.15, -0.1) is 0 Å². The van der Waals surface area contributed by atoms with Crippen molar-refractivity contribution in [3.05, 3.63) is 47.8 Å². The number of ketones is 1. The first-order valence-corrected chi connectivity index (χ1v) is 5.89. The van der Waals surface area contributed by atoms with Crippen LogP contribution in [0.25, 0.3) is 11.1 Å². The fourth-order valence-corrected chi connectivity index (χ4v) is 1.92. The van der Waals surface area contributed by atoms with Gasteiger partial charge in [-0.05, 0) is 23.3 Å². The summed E-state index contributed by atoms with van der Waals surface area (Å²) in [5.74, 6) is -0.626. The molecule has 1 aromatic heterocycles. The zero-order chi connectivity index (χ0) is 14.0. The van der Waals surface area contributed by atoms with Crippen molar-refractivity contribution < 1.29 is 14.3 Å². The Hall–Kier alpha value is -2.36. The summed E-state index contributed by atoms with van der Waals surface area (Å²) in [7, 11) is 3.00. The van der Waals surface area contributed by atoms with Crippen LogP contribution in [-0.2, 0) is 11.8 Å². The SMILES string of the molecule is COC(=O)c1ccn(C)c1C(C)=O.c1cc2cc-2c1. The average molecular weight is 257 g/mol. The summed E-state index contributed by atoms with van der Waals surface area (Å²) < 4.78 is 6.14. The summed E-state index contributed by atoms with van der Waals surface area (Å²) in [5, 5.41) is 0. The van der Waals surface area contributed by atoms with E-state index in [-0.39, 0.29) is 5.78 Å². The van der Waals surface area contributed by atoms with Crippen LogP contribution in [0.2, 0.25) is 0 Å². The summed E-state index contributed by atoms with van der Waals surface area (Å²) >= 11 is 0. The molecule has 4 heteroatoms. The van der Waals surface area contributed by atoms with Gasteiger partial charge in [0.05, 0.1) is 18.4 Å². The lowest BCUT2D eigenvalue weighted by molar-refractivity contribution is 0.0597. The minimum Gasteiger partial charge on any atom is -0.465 e. The normalized spacial score (nSPS) is 10.3. The maximum Gasteiger partial charge on any atom is 0.340 e. The minimum atomic E-state index is -0.481. The molecule has 0 fully saturated rings. The standard InChI is InChI=1S/C9H11NO3.C6H4/c1-6(11)8-7(9(12)13-3)4-5-10(8)2;1-2-5-4-6(5)3-1/h4-5H,1-3H3;1-4H. The molecule has 0 spiro atoms. The molecule has 0 saturated heterocycles. The van der Waals surface area contributed by atoms with E-state index in [1.165, 1.54) is 25.2 Å². The summed E-state index contributed by atoms with van der Waals surface area (Å²) in [5.41, 5.74) is 3.55. The molecule has 0 radical (unpaired) electrons. The van der Waals surface area contributed by atoms with Crippen LogP contribution in [0.1, 0.15) is 27.8 Å². The fraction of sp³-hybridized carbons (Fsp3) is 0.200. The van der Waals surface area contributed by atoms with E-state index in [1.807, 2.05) is 0 Å². The zero-order valence-electron chi connectivity index (χ0n) is 11.1. The first-order valence-electron chi connectivity index (χ1n) is 5.89. The molecule has 0 atom stereocenters. The van der Waals surface area contributed by atoms with Gasteiger partial charge in [0.2, 0.25) is 0 Å². The number of ether oxygens (including phenoxy) is 1. The molecule has 2 aliphatic carbocycles. The van der Waals surface area contributed by atoms with Gasteiger partial charge in [0.1, 0.15) is 0 Å². The van der Waals surface area contributed by atoms with Crippen LogP contribution in [0.4, 0.5) is 0 Å². The Labute approximate surface area is 111 Å². The second kappa shape index (κ2) is 5.10. The van der Waals surface area contributed by atoms with E-state index in [0.29, 0.717) is 11.3 Å². The summed E-state index contributed by atoms with van der Waals surface area (Å²) in [6.45, 7) is 1.42. The molecule has 0 aliphatic heterocycles. The highest BCUT2D eigenvalue weighted by Gasteiger charge is 2.17. The Kier molecular flexibility index (Phi) is 3.51. The van der Waals surface area contributed by atoms with Crippen molar-refractivity contribution in [1.29, 1.82) is 0 Å². The number of aryl methyl sites for hydroxylation is 1. The number of esters is 1. The maximum absolute atomic E-state index is 11.2. The number of fused-ring (bicyclic) bond motifs is 1. The third kappa shape index (κ3) is 2.73. The van der Waals surface area contributed by atoms with E-state index in [2.05, 4.69) is 29.0 Å². The van der Waals surface area contributed by atoms with E-state index in [1.54, 1.807) is 23.9 Å². The Morgan fingerprint density at radius 2 is 1.79 bits per heavy atom. The van der Waals surface area contributed by atoms with Crippen LogP contribution >= 0.6 is 0 Å². The summed E-state index contributed by atoms with van der Waals surface area (Å²) in [4.78, 5) is 22.3. The van der Waals surface area contributed by atoms with Crippen LogP contribution in [0.15, 0.2) is 36.5 Å². The third-order valence-corrected chi connectivity index (χ3v) is 2.92. The van der Waals surface area contributed by atoms with E-state index < -0.39 is 5.97 Å². The van der Waals surface area contributed by atoms with Crippen molar-refractivity contribution >= 4 is 11.8 Å². The summed E-state index contributed by atoms with van der Waals surface area (Å²) in [6.07, 6.45) is 1.66. The third-order valence-electron chi connectivity index (χ3n) is 2.92. The minimum absolute atomic E-state index is 0.145.